The molecule has 0 spiro atoms. The molecular weight excluding hydrogens is 266 g/mol. The van der Waals surface area contributed by atoms with Crippen molar-refractivity contribution in [1.29, 1.82) is 0 Å². The number of hydrogen-bond donors (Lipinski definition) is 2. The molecule has 1 saturated carbocycles. The van der Waals surface area contributed by atoms with E-state index >= 15 is 0 Å². The maximum absolute atomic E-state index is 12.4. The van der Waals surface area contributed by atoms with Crippen molar-refractivity contribution in [1.82, 2.24) is 19.7 Å². The van der Waals surface area contributed by atoms with Crippen LogP contribution in [-0.2, 0) is 7.05 Å². The Morgan fingerprint density at radius 1 is 1.38 bits per heavy atom. The maximum atomic E-state index is 12.4. The van der Waals surface area contributed by atoms with Crippen LogP contribution in [0.2, 0.25) is 0 Å². The Bertz CT molecular complexity index is 828. The molecule has 0 saturated heterocycles. The first kappa shape index (κ1) is 12.1. The molecule has 21 heavy (non-hydrogen) atoms. The average molecular weight is 281 g/mol. The number of aromatic amines is 1. The zero-order chi connectivity index (χ0) is 14.4. The van der Waals surface area contributed by atoms with Gasteiger partial charge in [-0.15, -0.1) is 5.10 Å². The number of nitrogens with zero attached hydrogens (tertiary/aromatic N) is 3. The quantitative estimate of drug-likeness (QED) is 0.774. The molecule has 1 aromatic carbocycles. The third kappa shape index (κ3) is 2.08. The van der Waals surface area contributed by atoms with E-state index in [0.717, 1.165) is 29.6 Å². The smallest absolute Gasteiger partial charge is 0.260 e. The minimum atomic E-state index is -0.187. The molecule has 6 nitrogen and oxygen atoms in total. The summed E-state index contributed by atoms with van der Waals surface area (Å²) < 4.78 is 1.94. The fourth-order valence-electron chi connectivity index (χ4n) is 2.56. The zero-order valence-electron chi connectivity index (χ0n) is 11.6. The van der Waals surface area contributed by atoms with Gasteiger partial charge < -0.3 is 4.57 Å². The molecule has 2 aromatic heterocycles. The number of amides is 1. The molecule has 0 radical (unpaired) electrons. The number of para-hydroxylation sites is 1. The summed E-state index contributed by atoms with van der Waals surface area (Å²) in [7, 11) is 1.93. The van der Waals surface area contributed by atoms with Crippen molar-refractivity contribution in [2.75, 3.05) is 5.32 Å². The van der Waals surface area contributed by atoms with Crippen LogP contribution in [0.3, 0.4) is 0 Å². The number of H-pyrrole nitrogens is 1. The van der Waals surface area contributed by atoms with Crippen LogP contribution in [-0.4, -0.2) is 25.7 Å². The molecule has 3 aromatic rings. The molecule has 0 bridgehead atoms. The number of fused-ring (bicyclic) bond motifs is 1. The average Bonchev–Trinajstić information content (AvgIpc) is 3.15. The molecule has 4 rings (SSSR count). The van der Waals surface area contributed by atoms with Gasteiger partial charge in [-0.2, -0.15) is 4.98 Å². The highest BCUT2D eigenvalue weighted by atomic mass is 16.1. The number of aryl methyl sites for hydroxylation is 1. The van der Waals surface area contributed by atoms with E-state index in [-0.39, 0.29) is 5.91 Å². The highest BCUT2D eigenvalue weighted by Gasteiger charge is 2.27. The van der Waals surface area contributed by atoms with Crippen LogP contribution >= 0.6 is 0 Å². The SMILES string of the molecule is Cn1cc(C(=O)Nc2n[nH]c(C3CC3)n2)c2ccccc21. The number of carbonyl (C=O) groups excluding carboxylic acids is 1. The van der Waals surface area contributed by atoms with Crippen molar-refractivity contribution < 1.29 is 4.79 Å². The first-order valence-electron chi connectivity index (χ1n) is 7.00. The van der Waals surface area contributed by atoms with Crippen molar-refractivity contribution in [2.45, 2.75) is 18.8 Å². The van der Waals surface area contributed by atoms with Crippen molar-refractivity contribution >= 4 is 22.8 Å². The summed E-state index contributed by atoms with van der Waals surface area (Å²) in [6, 6.07) is 7.82. The standard InChI is InChI=1S/C15H15N5O/c1-20-8-11(10-4-2-3-5-12(10)20)14(21)17-15-16-13(18-19-15)9-6-7-9/h2-5,8-9H,6-7H2,1H3,(H2,16,17,18,19,21). The lowest BCUT2D eigenvalue weighted by Crippen LogP contribution is -2.12. The van der Waals surface area contributed by atoms with E-state index < -0.39 is 0 Å². The second-order valence-corrected chi connectivity index (χ2v) is 5.44. The molecule has 1 amide bonds. The largest absolute Gasteiger partial charge is 0.350 e. The lowest BCUT2D eigenvalue weighted by molar-refractivity contribution is 0.102. The van der Waals surface area contributed by atoms with Gasteiger partial charge in [-0.3, -0.25) is 15.2 Å². The van der Waals surface area contributed by atoms with Gasteiger partial charge in [-0.05, 0) is 18.9 Å². The van der Waals surface area contributed by atoms with Crippen LogP contribution in [0, 0.1) is 0 Å². The molecule has 6 heteroatoms. The first-order chi connectivity index (χ1) is 10.2. The van der Waals surface area contributed by atoms with E-state index in [9.17, 15) is 4.79 Å². The molecule has 106 valence electrons. The molecule has 1 fully saturated rings. The number of benzene rings is 1. The minimum absolute atomic E-state index is 0.187. The Hall–Kier alpha value is -2.63. The summed E-state index contributed by atoms with van der Waals surface area (Å²) in [5.74, 6) is 1.51. The number of nitrogens with one attached hydrogen (secondary N) is 2. The van der Waals surface area contributed by atoms with E-state index in [0.29, 0.717) is 17.4 Å². The molecule has 1 aliphatic carbocycles. The number of aromatic nitrogens is 4. The van der Waals surface area contributed by atoms with Crippen LogP contribution in [0.1, 0.15) is 34.9 Å². The van der Waals surface area contributed by atoms with Gasteiger partial charge in [0.05, 0.1) is 5.56 Å². The van der Waals surface area contributed by atoms with Crippen LogP contribution in [0.15, 0.2) is 30.5 Å². The number of anilines is 1. The summed E-state index contributed by atoms with van der Waals surface area (Å²) in [5.41, 5.74) is 1.65. The number of rotatable bonds is 3. The third-order valence-corrected chi connectivity index (χ3v) is 3.83. The second-order valence-electron chi connectivity index (χ2n) is 5.44. The lowest BCUT2D eigenvalue weighted by atomic mass is 10.1. The molecule has 1 aliphatic rings. The Kier molecular flexibility index (Phi) is 2.57. The van der Waals surface area contributed by atoms with Gasteiger partial charge in [0.2, 0.25) is 5.95 Å². The zero-order valence-corrected chi connectivity index (χ0v) is 11.6. The third-order valence-electron chi connectivity index (χ3n) is 3.83. The normalized spacial score (nSPS) is 14.5. The van der Waals surface area contributed by atoms with Gasteiger partial charge >= 0.3 is 0 Å². The Balaban J connectivity index is 1.63. The van der Waals surface area contributed by atoms with E-state index in [4.69, 9.17) is 0 Å². The van der Waals surface area contributed by atoms with Crippen LogP contribution in [0.25, 0.3) is 10.9 Å². The summed E-state index contributed by atoms with van der Waals surface area (Å²) in [5, 5.41) is 10.6. The van der Waals surface area contributed by atoms with Gasteiger partial charge in [0, 0.05) is 30.1 Å². The summed E-state index contributed by atoms with van der Waals surface area (Å²) in [6.45, 7) is 0. The van der Waals surface area contributed by atoms with Gasteiger partial charge in [0.15, 0.2) is 0 Å². The van der Waals surface area contributed by atoms with Crippen molar-refractivity contribution in [3.8, 4) is 0 Å². The van der Waals surface area contributed by atoms with Crippen LogP contribution in [0.4, 0.5) is 5.95 Å². The van der Waals surface area contributed by atoms with E-state index in [1.165, 1.54) is 0 Å². The molecular formula is C15H15N5O. The van der Waals surface area contributed by atoms with Crippen molar-refractivity contribution in [3.63, 3.8) is 0 Å². The highest BCUT2D eigenvalue weighted by Crippen LogP contribution is 2.38. The molecule has 0 unspecified atom stereocenters. The van der Waals surface area contributed by atoms with Crippen molar-refractivity contribution in [2.24, 2.45) is 7.05 Å². The molecule has 2 N–H and O–H groups in total. The number of hydrogen-bond acceptors (Lipinski definition) is 3. The monoisotopic (exact) mass is 281 g/mol. The fourth-order valence-corrected chi connectivity index (χ4v) is 2.56. The minimum Gasteiger partial charge on any atom is -0.350 e. The maximum Gasteiger partial charge on any atom is 0.260 e. The molecule has 0 atom stereocenters. The van der Waals surface area contributed by atoms with Crippen molar-refractivity contribution in [3.05, 3.63) is 41.9 Å². The van der Waals surface area contributed by atoms with Gasteiger partial charge in [0.1, 0.15) is 5.82 Å². The predicted molar refractivity (Wildman–Crippen MR) is 79.2 cm³/mol. The van der Waals surface area contributed by atoms with E-state index in [1.807, 2.05) is 42.1 Å². The van der Waals surface area contributed by atoms with E-state index in [2.05, 4.69) is 20.5 Å². The summed E-state index contributed by atoms with van der Waals surface area (Å²) in [6.07, 6.45) is 4.12. The van der Waals surface area contributed by atoms with Crippen LogP contribution < -0.4 is 5.32 Å². The predicted octanol–water partition coefficient (Wildman–Crippen LogP) is 2.43. The Morgan fingerprint density at radius 3 is 3.00 bits per heavy atom. The Labute approximate surface area is 121 Å². The fraction of sp³-hybridized carbons (Fsp3) is 0.267. The summed E-state index contributed by atoms with van der Waals surface area (Å²) >= 11 is 0. The topological polar surface area (TPSA) is 75.6 Å². The molecule has 0 aliphatic heterocycles. The highest BCUT2D eigenvalue weighted by molar-refractivity contribution is 6.12. The van der Waals surface area contributed by atoms with Gasteiger partial charge in [-0.1, -0.05) is 18.2 Å². The second kappa shape index (κ2) is 4.44. The van der Waals surface area contributed by atoms with Crippen LogP contribution in [0.5, 0.6) is 0 Å². The Morgan fingerprint density at radius 2 is 2.19 bits per heavy atom. The van der Waals surface area contributed by atoms with Gasteiger partial charge in [-0.25, -0.2) is 0 Å². The summed E-state index contributed by atoms with van der Waals surface area (Å²) in [4.78, 5) is 16.7. The number of carbonyl (C=O) groups is 1. The first-order valence-corrected chi connectivity index (χ1v) is 7.00. The van der Waals surface area contributed by atoms with E-state index in [1.54, 1.807) is 0 Å². The lowest BCUT2D eigenvalue weighted by Gasteiger charge is -1.98. The molecule has 2 heterocycles. The van der Waals surface area contributed by atoms with Gasteiger partial charge in [0.25, 0.3) is 5.91 Å².